The van der Waals surface area contributed by atoms with Crippen LogP contribution in [0.2, 0.25) is 0 Å². The molecule has 100 valence electrons. The average molecular weight is 300 g/mol. The van der Waals surface area contributed by atoms with Crippen LogP contribution in [0.1, 0.15) is 17.4 Å². The van der Waals surface area contributed by atoms with Gasteiger partial charge in [0.25, 0.3) is 10.0 Å². The van der Waals surface area contributed by atoms with Gasteiger partial charge in [-0.25, -0.2) is 17.8 Å². The number of nitrogens with one attached hydrogen (secondary N) is 1. The van der Waals surface area contributed by atoms with E-state index in [-0.39, 0.29) is 16.6 Å². The molecule has 0 aliphatic rings. The topological polar surface area (TPSA) is 76.1 Å². The van der Waals surface area contributed by atoms with E-state index in [4.69, 9.17) is 0 Å². The van der Waals surface area contributed by atoms with Crippen LogP contribution < -0.4 is 4.72 Å². The van der Waals surface area contributed by atoms with Gasteiger partial charge in [-0.1, -0.05) is 12.1 Å². The number of sulfonamides is 1. The Morgan fingerprint density at radius 3 is 2.63 bits per heavy atom. The third-order valence-corrected chi connectivity index (χ3v) is 4.47. The van der Waals surface area contributed by atoms with Crippen LogP contribution >= 0.6 is 11.3 Å². The summed E-state index contributed by atoms with van der Waals surface area (Å²) in [6.07, 6.45) is 0. The molecule has 0 atom stereocenters. The fourth-order valence-electron chi connectivity index (χ4n) is 1.31. The molecular formula is C11H9FN2O3S2. The number of carbonyl (C=O) groups is 1. The van der Waals surface area contributed by atoms with Crippen LogP contribution in [0.3, 0.4) is 0 Å². The Kier molecular flexibility index (Phi) is 3.63. The minimum atomic E-state index is -4.04. The highest BCUT2D eigenvalue weighted by Gasteiger charge is 2.20. The smallest absolute Gasteiger partial charge is 0.266 e. The number of halogens is 1. The van der Waals surface area contributed by atoms with Crippen LogP contribution in [0.15, 0.2) is 34.5 Å². The van der Waals surface area contributed by atoms with Crippen molar-refractivity contribution >= 4 is 32.3 Å². The van der Waals surface area contributed by atoms with Crippen LogP contribution in [-0.4, -0.2) is 19.2 Å². The van der Waals surface area contributed by atoms with Gasteiger partial charge in [-0.2, -0.15) is 0 Å². The third kappa shape index (κ3) is 2.96. The second-order valence-electron chi connectivity index (χ2n) is 3.63. The van der Waals surface area contributed by atoms with Crippen molar-refractivity contribution in [2.75, 3.05) is 4.72 Å². The maximum Gasteiger partial charge on any atom is 0.266 e. The van der Waals surface area contributed by atoms with Gasteiger partial charge in [0.15, 0.2) is 10.9 Å². The monoisotopic (exact) mass is 300 g/mol. The summed E-state index contributed by atoms with van der Waals surface area (Å²) in [6.45, 7) is 1.32. The Morgan fingerprint density at radius 2 is 2.05 bits per heavy atom. The van der Waals surface area contributed by atoms with Crippen molar-refractivity contribution in [3.8, 4) is 0 Å². The summed E-state index contributed by atoms with van der Waals surface area (Å²) < 4.78 is 39.4. The first-order valence-electron chi connectivity index (χ1n) is 5.14. The van der Waals surface area contributed by atoms with Gasteiger partial charge in [0.2, 0.25) is 0 Å². The lowest BCUT2D eigenvalue weighted by Crippen LogP contribution is -2.14. The summed E-state index contributed by atoms with van der Waals surface area (Å²) in [7, 11) is -4.04. The zero-order valence-electron chi connectivity index (χ0n) is 9.75. The molecule has 0 amide bonds. The molecule has 0 bridgehead atoms. The van der Waals surface area contributed by atoms with Gasteiger partial charge in [-0.3, -0.25) is 9.52 Å². The predicted octanol–water partition coefficient (Wildman–Crippen LogP) is 2.29. The van der Waals surface area contributed by atoms with Gasteiger partial charge < -0.3 is 0 Å². The summed E-state index contributed by atoms with van der Waals surface area (Å²) in [5.41, 5.74) is 0.163. The number of nitrogens with zero attached hydrogens (tertiary/aromatic N) is 1. The molecule has 19 heavy (non-hydrogen) atoms. The van der Waals surface area contributed by atoms with Crippen LogP contribution in [0.4, 0.5) is 9.52 Å². The fraction of sp³-hybridized carbons (Fsp3) is 0.0909. The second-order valence-corrected chi connectivity index (χ2v) is 6.14. The Hall–Kier alpha value is -1.80. The number of rotatable bonds is 4. The summed E-state index contributed by atoms with van der Waals surface area (Å²) >= 11 is 0.961. The van der Waals surface area contributed by atoms with Gasteiger partial charge in [0, 0.05) is 12.3 Å². The number of thiazole rings is 1. The standard InChI is InChI=1S/C11H9FN2O3S2/c1-7(15)9-6-18-11(13-9)14-19(16,17)10-5-3-2-4-8(10)12/h2-6H,1H3,(H,13,14). The molecule has 0 radical (unpaired) electrons. The first kappa shape index (κ1) is 13.6. The molecular weight excluding hydrogens is 291 g/mol. The number of benzene rings is 1. The Bertz CT molecular complexity index is 725. The number of hydrogen-bond donors (Lipinski definition) is 1. The summed E-state index contributed by atoms with van der Waals surface area (Å²) in [6, 6.07) is 5.01. The lowest BCUT2D eigenvalue weighted by atomic mass is 10.4. The van der Waals surface area contributed by atoms with Crippen molar-refractivity contribution in [1.82, 2.24) is 4.98 Å². The van der Waals surface area contributed by atoms with Crippen LogP contribution in [-0.2, 0) is 10.0 Å². The van der Waals surface area contributed by atoms with E-state index in [1.807, 2.05) is 0 Å². The van der Waals surface area contributed by atoms with Crippen molar-refractivity contribution in [1.29, 1.82) is 0 Å². The van der Waals surface area contributed by atoms with Crippen molar-refractivity contribution in [2.24, 2.45) is 0 Å². The van der Waals surface area contributed by atoms with Gasteiger partial charge in [-0.15, -0.1) is 11.3 Å². The number of ketones is 1. The van der Waals surface area contributed by atoms with E-state index in [1.54, 1.807) is 0 Å². The molecule has 2 aromatic rings. The summed E-state index contributed by atoms with van der Waals surface area (Å²) in [5.74, 6) is -1.12. The number of anilines is 1. The molecule has 5 nitrogen and oxygen atoms in total. The average Bonchev–Trinajstić information content (AvgIpc) is 2.77. The minimum Gasteiger partial charge on any atom is -0.293 e. The predicted molar refractivity (Wildman–Crippen MR) is 69.3 cm³/mol. The molecule has 0 aliphatic carbocycles. The Morgan fingerprint density at radius 1 is 1.37 bits per heavy atom. The van der Waals surface area contributed by atoms with E-state index < -0.39 is 20.7 Å². The summed E-state index contributed by atoms with van der Waals surface area (Å²) in [4.78, 5) is 14.4. The molecule has 8 heteroatoms. The second kappa shape index (κ2) is 5.06. The maximum atomic E-state index is 13.4. The maximum absolute atomic E-state index is 13.4. The van der Waals surface area contributed by atoms with Crippen molar-refractivity contribution in [3.63, 3.8) is 0 Å². The zero-order chi connectivity index (χ0) is 14.0. The Balaban J connectivity index is 2.31. The van der Waals surface area contributed by atoms with Gasteiger partial charge in [0.05, 0.1) is 0 Å². The fourth-order valence-corrected chi connectivity index (χ4v) is 3.40. The molecule has 0 fully saturated rings. The number of aromatic nitrogens is 1. The SMILES string of the molecule is CC(=O)c1csc(NS(=O)(=O)c2ccccc2F)n1. The first-order chi connectivity index (χ1) is 8.90. The van der Waals surface area contributed by atoms with E-state index in [2.05, 4.69) is 9.71 Å². The quantitative estimate of drug-likeness (QED) is 0.879. The highest BCUT2D eigenvalue weighted by molar-refractivity contribution is 7.93. The van der Waals surface area contributed by atoms with Gasteiger partial charge in [-0.05, 0) is 12.1 Å². The van der Waals surface area contributed by atoms with E-state index in [0.29, 0.717) is 0 Å². The number of hydrogen-bond acceptors (Lipinski definition) is 5. The Labute approximate surface area is 113 Å². The largest absolute Gasteiger partial charge is 0.293 e. The number of carbonyl (C=O) groups excluding carboxylic acids is 1. The van der Waals surface area contributed by atoms with Crippen molar-refractivity contribution in [3.05, 3.63) is 41.2 Å². The molecule has 0 saturated carbocycles. The molecule has 0 unspecified atom stereocenters. The first-order valence-corrected chi connectivity index (χ1v) is 7.50. The molecule has 2 rings (SSSR count). The minimum absolute atomic E-state index is 0.0217. The van der Waals surface area contributed by atoms with E-state index in [0.717, 1.165) is 23.5 Å². The van der Waals surface area contributed by atoms with Crippen LogP contribution in [0.5, 0.6) is 0 Å². The molecule has 1 heterocycles. The van der Waals surface area contributed by atoms with E-state index in [9.17, 15) is 17.6 Å². The molecule has 1 aromatic heterocycles. The van der Waals surface area contributed by atoms with Crippen LogP contribution in [0.25, 0.3) is 0 Å². The van der Waals surface area contributed by atoms with E-state index >= 15 is 0 Å². The van der Waals surface area contributed by atoms with Crippen molar-refractivity contribution < 1.29 is 17.6 Å². The summed E-state index contributed by atoms with van der Waals surface area (Å²) in [5, 5.41) is 1.45. The third-order valence-electron chi connectivity index (χ3n) is 2.21. The molecule has 1 aromatic carbocycles. The lowest BCUT2D eigenvalue weighted by molar-refractivity contribution is 0.101. The lowest BCUT2D eigenvalue weighted by Gasteiger charge is -2.05. The van der Waals surface area contributed by atoms with Crippen LogP contribution in [0, 0.1) is 5.82 Å². The molecule has 0 aliphatic heterocycles. The van der Waals surface area contributed by atoms with E-state index in [1.165, 1.54) is 24.4 Å². The molecule has 1 N–H and O–H groups in total. The highest BCUT2D eigenvalue weighted by atomic mass is 32.2. The normalized spacial score (nSPS) is 11.3. The van der Waals surface area contributed by atoms with Gasteiger partial charge >= 0.3 is 0 Å². The molecule has 0 saturated heterocycles. The van der Waals surface area contributed by atoms with Crippen molar-refractivity contribution in [2.45, 2.75) is 11.8 Å². The molecule has 0 spiro atoms. The zero-order valence-corrected chi connectivity index (χ0v) is 11.4. The number of Topliss-reactive ketones (excluding diaryl/α,β-unsaturated/α-hetero) is 1. The highest BCUT2D eigenvalue weighted by Crippen LogP contribution is 2.21. The van der Waals surface area contributed by atoms with Gasteiger partial charge in [0.1, 0.15) is 16.4 Å².